The standard InChI is InChI=1S/C11H10F3N5O/c12-11(13,14)4-10(1-2-10)9-18-8(19-20-9)6-3-7(15)17-5-16-6/h3,5H,1-2,4H2,(H2,15,16,17). The van der Waals surface area contributed by atoms with E-state index in [0.717, 1.165) is 0 Å². The van der Waals surface area contributed by atoms with Crippen molar-refractivity contribution < 1.29 is 17.7 Å². The van der Waals surface area contributed by atoms with Gasteiger partial charge in [-0.2, -0.15) is 18.2 Å². The van der Waals surface area contributed by atoms with Crippen molar-refractivity contribution >= 4 is 5.82 Å². The average Bonchev–Trinajstić information content (AvgIpc) is 2.93. The summed E-state index contributed by atoms with van der Waals surface area (Å²) in [7, 11) is 0. The van der Waals surface area contributed by atoms with Crippen LogP contribution in [-0.2, 0) is 5.41 Å². The maximum atomic E-state index is 12.5. The minimum Gasteiger partial charge on any atom is -0.384 e. The molecule has 1 aliphatic carbocycles. The number of nitrogen functional groups attached to an aromatic ring is 1. The Morgan fingerprint density at radius 2 is 2.05 bits per heavy atom. The fourth-order valence-electron chi connectivity index (χ4n) is 2.04. The van der Waals surface area contributed by atoms with Crippen molar-refractivity contribution in [1.82, 2.24) is 20.1 Å². The molecule has 9 heteroatoms. The van der Waals surface area contributed by atoms with Crippen molar-refractivity contribution in [2.45, 2.75) is 30.9 Å². The van der Waals surface area contributed by atoms with Gasteiger partial charge in [0.1, 0.15) is 17.8 Å². The minimum absolute atomic E-state index is 0.00186. The van der Waals surface area contributed by atoms with Crippen LogP contribution >= 0.6 is 0 Å². The lowest BCUT2D eigenvalue weighted by Crippen LogP contribution is -2.19. The van der Waals surface area contributed by atoms with E-state index < -0.39 is 18.0 Å². The Hall–Kier alpha value is -2.19. The molecule has 20 heavy (non-hydrogen) atoms. The van der Waals surface area contributed by atoms with Crippen molar-refractivity contribution in [2.75, 3.05) is 5.73 Å². The zero-order chi connectivity index (χ0) is 14.4. The van der Waals surface area contributed by atoms with E-state index in [-0.39, 0.29) is 17.5 Å². The number of hydrogen-bond donors (Lipinski definition) is 1. The van der Waals surface area contributed by atoms with Crippen LogP contribution in [0.2, 0.25) is 0 Å². The van der Waals surface area contributed by atoms with Gasteiger partial charge in [-0.3, -0.25) is 0 Å². The topological polar surface area (TPSA) is 90.7 Å². The first-order valence-corrected chi connectivity index (χ1v) is 5.87. The van der Waals surface area contributed by atoms with E-state index in [1.54, 1.807) is 0 Å². The molecule has 1 fully saturated rings. The highest BCUT2D eigenvalue weighted by Crippen LogP contribution is 2.54. The molecule has 2 heterocycles. The number of hydrogen-bond acceptors (Lipinski definition) is 6. The summed E-state index contributed by atoms with van der Waals surface area (Å²) in [6.45, 7) is 0. The van der Waals surface area contributed by atoms with Gasteiger partial charge in [-0.1, -0.05) is 5.16 Å². The highest BCUT2D eigenvalue weighted by Gasteiger charge is 2.55. The molecule has 106 valence electrons. The lowest BCUT2D eigenvalue weighted by atomic mass is 10.0. The molecular formula is C11H10F3N5O. The van der Waals surface area contributed by atoms with E-state index in [1.165, 1.54) is 12.4 Å². The monoisotopic (exact) mass is 285 g/mol. The highest BCUT2D eigenvalue weighted by molar-refractivity contribution is 5.52. The predicted octanol–water partition coefficient (Wildman–Crippen LogP) is 2.09. The van der Waals surface area contributed by atoms with Gasteiger partial charge in [0.15, 0.2) is 0 Å². The van der Waals surface area contributed by atoms with E-state index in [0.29, 0.717) is 18.5 Å². The molecule has 1 saturated carbocycles. The molecule has 0 aromatic carbocycles. The number of nitrogens with zero attached hydrogens (tertiary/aromatic N) is 4. The molecule has 2 aromatic rings. The molecule has 2 aromatic heterocycles. The summed E-state index contributed by atoms with van der Waals surface area (Å²) in [4.78, 5) is 11.6. The van der Waals surface area contributed by atoms with Crippen LogP contribution in [0.25, 0.3) is 11.5 Å². The second kappa shape index (κ2) is 4.15. The Morgan fingerprint density at radius 3 is 2.65 bits per heavy atom. The van der Waals surface area contributed by atoms with Gasteiger partial charge in [-0.25, -0.2) is 9.97 Å². The van der Waals surface area contributed by atoms with Gasteiger partial charge in [0.25, 0.3) is 0 Å². The number of anilines is 1. The summed E-state index contributed by atoms with van der Waals surface area (Å²) >= 11 is 0. The largest absolute Gasteiger partial charge is 0.390 e. The first-order chi connectivity index (χ1) is 9.38. The second-order valence-corrected chi connectivity index (χ2v) is 4.82. The van der Waals surface area contributed by atoms with Gasteiger partial charge in [0.05, 0.1) is 11.8 Å². The Balaban J connectivity index is 1.88. The number of halogens is 3. The van der Waals surface area contributed by atoms with Gasteiger partial charge < -0.3 is 10.3 Å². The van der Waals surface area contributed by atoms with E-state index in [2.05, 4.69) is 20.1 Å². The van der Waals surface area contributed by atoms with Crippen molar-refractivity contribution in [1.29, 1.82) is 0 Å². The van der Waals surface area contributed by atoms with Crippen LogP contribution < -0.4 is 5.73 Å². The minimum atomic E-state index is -4.26. The van der Waals surface area contributed by atoms with E-state index in [1.807, 2.05) is 0 Å². The number of aromatic nitrogens is 4. The molecular weight excluding hydrogens is 275 g/mol. The smallest absolute Gasteiger partial charge is 0.384 e. The van der Waals surface area contributed by atoms with Crippen LogP contribution in [0.1, 0.15) is 25.2 Å². The van der Waals surface area contributed by atoms with Crippen LogP contribution in [-0.4, -0.2) is 26.3 Å². The summed E-state index contributed by atoms with van der Waals surface area (Å²) in [6, 6.07) is 1.43. The summed E-state index contributed by atoms with van der Waals surface area (Å²) in [5, 5.41) is 3.66. The van der Waals surface area contributed by atoms with E-state index in [9.17, 15) is 13.2 Å². The number of nitrogens with two attached hydrogens (primary N) is 1. The lowest BCUT2D eigenvalue weighted by Gasteiger charge is -2.12. The van der Waals surface area contributed by atoms with Crippen molar-refractivity contribution in [2.24, 2.45) is 0 Å². The van der Waals surface area contributed by atoms with Gasteiger partial charge in [-0.15, -0.1) is 0 Å². The van der Waals surface area contributed by atoms with Crippen molar-refractivity contribution in [3.8, 4) is 11.5 Å². The SMILES string of the molecule is Nc1cc(-c2noc(C3(CC(F)(F)F)CC3)n2)ncn1. The molecule has 0 saturated heterocycles. The lowest BCUT2D eigenvalue weighted by molar-refractivity contribution is -0.142. The first kappa shape index (κ1) is 12.8. The number of alkyl halides is 3. The van der Waals surface area contributed by atoms with Crippen molar-refractivity contribution in [3.63, 3.8) is 0 Å². The third kappa shape index (κ3) is 2.43. The third-order valence-electron chi connectivity index (χ3n) is 3.19. The van der Waals surface area contributed by atoms with Crippen LogP contribution in [0.3, 0.4) is 0 Å². The molecule has 6 nitrogen and oxygen atoms in total. The van der Waals surface area contributed by atoms with Gasteiger partial charge in [0.2, 0.25) is 11.7 Å². The van der Waals surface area contributed by atoms with Gasteiger partial charge in [0, 0.05) is 6.07 Å². The molecule has 0 bridgehead atoms. The van der Waals surface area contributed by atoms with E-state index in [4.69, 9.17) is 10.3 Å². The van der Waals surface area contributed by atoms with Crippen LogP contribution in [0.4, 0.5) is 19.0 Å². The third-order valence-corrected chi connectivity index (χ3v) is 3.19. The first-order valence-electron chi connectivity index (χ1n) is 5.87. The van der Waals surface area contributed by atoms with Crippen LogP contribution in [0, 0.1) is 0 Å². The summed E-state index contributed by atoms with van der Waals surface area (Å²) in [6.07, 6.45) is -3.21. The maximum absolute atomic E-state index is 12.5. The second-order valence-electron chi connectivity index (χ2n) is 4.82. The Morgan fingerprint density at radius 1 is 1.30 bits per heavy atom. The molecule has 3 rings (SSSR count). The zero-order valence-corrected chi connectivity index (χ0v) is 10.2. The highest BCUT2D eigenvalue weighted by atomic mass is 19.4. The molecule has 0 aliphatic heterocycles. The van der Waals surface area contributed by atoms with Crippen LogP contribution in [0.15, 0.2) is 16.9 Å². The quantitative estimate of drug-likeness (QED) is 0.928. The fraction of sp³-hybridized carbons (Fsp3) is 0.455. The Kier molecular flexibility index (Phi) is 2.66. The molecule has 0 radical (unpaired) electrons. The summed E-state index contributed by atoms with van der Waals surface area (Å²) in [5.74, 6) is 0.335. The Labute approximate surface area is 111 Å². The fourth-order valence-corrected chi connectivity index (χ4v) is 2.04. The molecule has 0 amide bonds. The van der Waals surface area contributed by atoms with Crippen molar-refractivity contribution in [3.05, 3.63) is 18.3 Å². The molecule has 0 atom stereocenters. The number of rotatable bonds is 3. The summed E-state index contributed by atoms with van der Waals surface area (Å²) < 4.78 is 42.6. The molecule has 2 N–H and O–H groups in total. The van der Waals surface area contributed by atoms with Crippen LogP contribution in [0.5, 0.6) is 0 Å². The normalized spacial score (nSPS) is 17.1. The van der Waals surface area contributed by atoms with Gasteiger partial charge in [-0.05, 0) is 12.8 Å². The zero-order valence-electron chi connectivity index (χ0n) is 10.2. The maximum Gasteiger partial charge on any atom is 0.390 e. The molecule has 0 unspecified atom stereocenters. The van der Waals surface area contributed by atoms with Gasteiger partial charge >= 0.3 is 6.18 Å². The molecule has 1 aliphatic rings. The predicted molar refractivity (Wildman–Crippen MR) is 61.3 cm³/mol. The van der Waals surface area contributed by atoms with E-state index >= 15 is 0 Å². The summed E-state index contributed by atoms with van der Waals surface area (Å²) in [5.41, 5.74) is 4.75. The average molecular weight is 285 g/mol. The molecule has 0 spiro atoms. The Bertz CT molecular complexity index is 635.